The van der Waals surface area contributed by atoms with Gasteiger partial charge < -0.3 is 9.80 Å². The Bertz CT molecular complexity index is 945. The Balaban J connectivity index is 1.56. The zero-order valence-corrected chi connectivity index (χ0v) is 16.6. The van der Waals surface area contributed by atoms with E-state index in [1.165, 1.54) is 4.88 Å². The zero-order chi connectivity index (χ0) is 18.8. The molecule has 0 radical (unpaired) electrons. The van der Waals surface area contributed by atoms with Crippen molar-refractivity contribution in [3.63, 3.8) is 0 Å². The molecule has 0 bridgehead atoms. The summed E-state index contributed by atoms with van der Waals surface area (Å²) in [6.45, 7) is 7.29. The summed E-state index contributed by atoms with van der Waals surface area (Å²) < 4.78 is 0. The Hall–Kier alpha value is -2.47. The first-order valence-electron chi connectivity index (χ1n) is 9.58. The van der Waals surface area contributed by atoms with Gasteiger partial charge in [0.05, 0.1) is 5.39 Å². The number of benzene rings is 1. The normalized spacial score (nSPS) is 14.7. The second-order valence-electron chi connectivity index (χ2n) is 6.75. The Kier molecular flexibility index (Phi) is 5.07. The van der Waals surface area contributed by atoms with Crippen LogP contribution < -0.4 is 4.90 Å². The Morgan fingerprint density at radius 2 is 1.78 bits per heavy atom. The minimum atomic E-state index is 0.112. The van der Waals surface area contributed by atoms with Gasteiger partial charge in [-0.05, 0) is 24.6 Å². The van der Waals surface area contributed by atoms with E-state index in [0.717, 1.165) is 53.4 Å². The SMILES string of the molecule is CCc1nc(N2CCN(C(=O)c3ccccc3)CC2)c2cc(CC)sc2n1. The number of rotatable bonds is 4. The summed E-state index contributed by atoms with van der Waals surface area (Å²) in [5.74, 6) is 2.03. The lowest BCUT2D eigenvalue weighted by atomic mass is 10.2. The van der Waals surface area contributed by atoms with E-state index in [0.29, 0.717) is 13.1 Å². The minimum Gasteiger partial charge on any atom is -0.352 e. The number of hydrogen-bond donors (Lipinski definition) is 0. The van der Waals surface area contributed by atoms with Crippen molar-refractivity contribution in [2.24, 2.45) is 0 Å². The van der Waals surface area contributed by atoms with E-state index < -0.39 is 0 Å². The smallest absolute Gasteiger partial charge is 0.253 e. The van der Waals surface area contributed by atoms with Crippen molar-refractivity contribution in [2.45, 2.75) is 26.7 Å². The first kappa shape index (κ1) is 17.9. The van der Waals surface area contributed by atoms with E-state index in [1.54, 1.807) is 11.3 Å². The molecule has 3 heterocycles. The van der Waals surface area contributed by atoms with Crippen LogP contribution in [-0.4, -0.2) is 47.0 Å². The van der Waals surface area contributed by atoms with E-state index in [-0.39, 0.29) is 5.91 Å². The lowest BCUT2D eigenvalue weighted by Gasteiger charge is -2.35. The molecule has 4 rings (SSSR count). The number of carbonyl (C=O) groups excluding carboxylic acids is 1. The third kappa shape index (κ3) is 3.54. The molecule has 0 aliphatic carbocycles. The molecule has 2 aromatic heterocycles. The Labute approximate surface area is 163 Å². The van der Waals surface area contributed by atoms with Crippen LogP contribution in [0.25, 0.3) is 10.2 Å². The molecule has 27 heavy (non-hydrogen) atoms. The monoisotopic (exact) mass is 380 g/mol. The second-order valence-corrected chi connectivity index (χ2v) is 7.86. The molecule has 1 amide bonds. The van der Waals surface area contributed by atoms with E-state index in [2.05, 4.69) is 24.8 Å². The van der Waals surface area contributed by atoms with Gasteiger partial charge in [-0.2, -0.15) is 0 Å². The summed E-state index contributed by atoms with van der Waals surface area (Å²) in [7, 11) is 0. The van der Waals surface area contributed by atoms with E-state index in [1.807, 2.05) is 35.2 Å². The van der Waals surface area contributed by atoms with Crippen molar-refractivity contribution >= 4 is 33.3 Å². The summed E-state index contributed by atoms with van der Waals surface area (Å²) in [5.41, 5.74) is 0.758. The van der Waals surface area contributed by atoms with Crippen molar-refractivity contribution in [2.75, 3.05) is 31.1 Å². The van der Waals surface area contributed by atoms with Crippen molar-refractivity contribution in [1.29, 1.82) is 0 Å². The van der Waals surface area contributed by atoms with Gasteiger partial charge in [0.15, 0.2) is 0 Å². The number of carbonyl (C=O) groups is 1. The van der Waals surface area contributed by atoms with E-state index in [4.69, 9.17) is 9.97 Å². The summed E-state index contributed by atoms with van der Waals surface area (Å²) in [5, 5.41) is 1.15. The van der Waals surface area contributed by atoms with Crippen LogP contribution >= 0.6 is 11.3 Å². The Morgan fingerprint density at radius 1 is 1.04 bits per heavy atom. The molecule has 3 aromatic rings. The van der Waals surface area contributed by atoms with Gasteiger partial charge in [0.1, 0.15) is 16.5 Å². The van der Waals surface area contributed by atoms with Crippen LogP contribution in [0.15, 0.2) is 36.4 Å². The molecule has 0 unspecified atom stereocenters. The van der Waals surface area contributed by atoms with Gasteiger partial charge in [-0.3, -0.25) is 4.79 Å². The molecule has 1 saturated heterocycles. The molecule has 140 valence electrons. The van der Waals surface area contributed by atoms with E-state index >= 15 is 0 Å². The average Bonchev–Trinajstić information content (AvgIpc) is 3.16. The predicted octanol–water partition coefficient (Wildman–Crippen LogP) is 3.78. The van der Waals surface area contributed by atoms with Gasteiger partial charge in [-0.25, -0.2) is 9.97 Å². The molecule has 1 aliphatic rings. The fourth-order valence-corrected chi connectivity index (χ4v) is 4.44. The first-order valence-corrected chi connectivity index (χ1v) is 10.4. The standard InChI is InChI=1S/C21H24N4OS/c1-3-16-14-17-19(22-18(4-2)23-20(17)27-16)24-10-12-25(13-11-24)21(26)15-8-6-5-7-9-15/h5-9,14H,3-4,10-13H2,1-2H3. The molecule has 6 heteroatoms. The molecule has 1 aromatic carbocycles. The fourth-order valence-electron chi connectivity index (χ4n) is 3.46. The third-order valence-corrected chi connectivity index (χ3v) is 6.20. The zero-order valence-electron chi connectivity index (χ0n) is 15.8. The van der Waals surface area contributed by atoms with Crippen molar-refractivity contribution in [1.82, 2.24) is 14.9 Å². The van der Waals surface area contributed by atoms with Crippen molar-refractivity contribution < 1.29 is 4.79 Å². The Morgan fingerprint density at radius 3 is 2.44 bits per heavy atom. The topological polar surface area (TPSA) is 49.3 Å². The number of aryl methyl sites for hydroxylation is 2. The van der Waals surface area contributed by atoms with Gasteiger partial charge in [0, 0.05) is 43.0 Å². The summed E-state index contributed by atoms with van der Waals surface area (Å²) in [4.78, 5) is 28.9. The number of aromatic nitrogens is 2. The van der Waals surface area contributed by atoms with Crippen LogP contribution in [0.2, 0.25) is 0 Å². The number of anilines is 1. The minimum absolute atomic E-state index is 0.112. The summed E-state index contributed by atoms with van der Waals surface area (Å²) >= 11 is 1.77. The van der Waals surface area contributed by atoms with Crippen LogP contribution in [0.5, 0.6) is 0 Å². The molecule has 0 N–H and O–H groups in total. The highest BCUT2D eigenvalue weighted by Crippen LogP contribution is 2.32. The van der Waals surface area contributed by atoms with Gasteiger partial charge in [-0.15, -0.1) is 11.3 Å². The lowest BCUT2D eigenvalue weighted by Crippen LogP contribution is -2.49. The lowest BCUT2D eigenvalue weighted by molar-refractivity contribution is 0.0746. The highest BCUT2D eigenvalue weighted by atomic mass is 32.1. The predicted molar refractivity (Wildman–Crippen MR) is 111 cm³/mol. The number of amides is 1. The molecule has 5 nitrogen and oxygen atoms in total. The maximum absolute atomic E-state index is 12.7. The highest BCUT2D eigenvalue weighted by molar-refractivity contribution is 7.18. The van der Waals surface area contributed by atoms with Crippen molar-refractivity contribution in [3.05, 3.63) is 52.7 Å². The molecule has 0 saturated carbocycles. The number of nitrogens with zero attached hydrogens (tertiary/aromatic N) is 4. The van der Waals surface area contributed by atoms with Crippen LogP contribution in [0, 0.1) is 0 Å². The first-order chi connectivity index (χ1) is 13.2. The van der Waals surface area contributed by atoms with Crippen LogP contribution in [-0.2, 0) is 12.8 Å². The highest BCUT2D eigenvalue weighted by Gasteiger charge is 2.25. The number of fused-ring (bicyclic) bond motifs is 1. The number of piperazine rings is 1. The molecular weight excluding hydrogens is 356 g/mol. The molecule has 0 atom stereocenters. The maximum Gasteiger partial charge on any atom is 0.253 e. The third-order valence-electron chi connectivity index (χ3n) is 5.02. The van der Waals surface area contributed by atoms with Crippen LogP contribution in [0.4, 0.5) is 5.82 Å². The van der Waals surface area contributed by atoms with Crippen molar-refractivity contribution in [3.8, 4) is 0 Å². The number of thiophene rings is 1. The van der Waals surface area contributed by atoms with E-state index in [9.17, 15) is 4.79 Å². The second kappa shape index (κ2) is 7.64. The largest absolute Gasteiger partial charge is 0.352 e. The molecule has 0 spiro atoms. The van der Waals surface area contributed by atoms with Gasteiger partial charge in [-0.1, -0.05) is 32.0 Å². The van der Waals surface area contributed by atoms with Gasteiger partial charge >= 0.3 is 0 Å². The maximum atomic E-state index is 12.7. The number of hydrogen-bond acceptors (Lipinski definition) is 5. The fraction of sp³-hybridized carbons (Fsp3) is 0.381. The van der Waals surface area contributed by atoms with Crippen LogP contribution in [0.3, 0.4) is 0 Å². The van der Waals surface area contributed by atoms with Gasteiger partial charge in [0.25, 0.3) is 5.91 Å². The molecule has 1 fully saturated rings. The molecule has 1 aliphatic heterocycles. The van der Waals surface area contributed by atoms with Crippen LogP contribution in [0.1, 0.15) is 34.9 Å². The van der Waals surface area contributed by atoms with Gasteiger partial charge in [0.2, 0.25) is 0 Å². The quantitative estimate of drug-likeness (QED) is 0.691. The summed E-state index contributed by atoms with van der Waals surface area (Å²) in [6.07, 6.45) is 1.84. The molecular formula is C21H24N4OS. The summed E-state index contributed by atoms with van der Waals surface area (Å²) in [6, 6.07) is 11.8. The average molecular weight is 381 g/mol.